The van der Waals surface area contributed by atoms with E-state index >= 15 is 0 Å². The van der Waals surface area contributed by atoms with Crippen LogP contribution in [0.3, 0.4) is 0 Å². The van der Waals surface area contributed by atoms with Gasteiger partial charge >= 0.3 is 0 Å². The van der Waals surface area contributed by atoms with Gasteiger partial charge in [0.25, 0.3) is 0 Å². The molecule has 3 heteroatoms. The molecule has 1 aliphatic rings. The maximum Gasteiger partial charge on any atom is 0.122 e. The summed E-state index contributed by atoms with van der Waals surface area (Å²) < 4.78 is 5.40. The second kappa shape index (κ2) is 6.40. The first-order valence-corrected chi connectivity index (χ1v) is 7.21. The van der Waals surface area contributed by atoms with Gasteiger partial charge in [-0.2, -0.15) is 0 Å². The van der Waals surface area contributed by atoms with Crippen molar-refractivity contribution in [2.24, 2.45) is 11.7 Å². The molecule has 3 nitrogen and oxygen atoms in total. The number of hydrogen-bond donors (Lipinski definition) is 1. The van der Waals surface area contributed by atoms with Gasteiger partial charge in [0.2, 0.25) is 0 Å². The third-order valence-electron chi connectivity index (χ3n) is 4.16. The zero-order valence-corrected chi connectivity index (χ0v) is 12.4. The van der Waals surface area contributed by atoms with Gasteiger partial charge in [0.15, 0.2) is 0 Å². The fourth-order valence-electron chi connectivity index (χ4n) is 2.89. The van der Waals surface area contributed by atoms with E-state index in [-0.39, 0.29) is 0 Å². The molecule has 0 saturated carbocycles. The van der Waals surface area contributed by atoms with E-state index in [0.717, 1.165) is 18.8 Å². The highest BCUT2D eigenvalue weighted by Gasteiger charge is 2.22. The molecule has 1 heterocycles. The number of nitrogens with zero attached hydrogens (tertiary/aromatic N) is 1. The number of piperidine rings is 1. The van der Waals surface area contributed by atoms with Crippen LogP contribution < -0.4 is 10.5 Å². The maximum absolute atomic E-state index is 6.04. The highest BCUT2D eigenvalue weighted by molar-refractivity contribution is 5.36. The monoisotopic (exact) mass is 262 g/mol. The van der Waals surface area contributed by atoms with Crippen molar-refractivity contribution in [1.82, 2.24) is 4.90 Å². The Labute approximate surface area is 116 Å². The van der Waals surface area contributed by atoms with Gasteiger partial charge in [-0.1, -0.05) is 12.1 Å². The number of aryl methyl sites for hydroxylation is 1. The first kappa shape index (κ1) is 14.4. The van der Waals surface area contributed by atoms with Crippen LogP contribution in [0, 0.1) is 12.8 Å². The van der Waals surface area contributed by atoms with Crippen molar-refractivity contribution in [3.63, 3.8) is 0 Å². The molecule has 0 amide bonds. The Hall–Kier alpha value is -1.06. The summed E-state index contributed by atoms with van der Waals surface area (Å²) in [6.07, 6.45) is 2.53. The SMILES string of the molecule is COc1cc(CN2CCCC(C(C)N)C2)ccc1C. The van der Waals surface area contributed by atoms with E-state index in [4.69, 9.17) is 10.5 Å². The molecule has 0 aliphatic carbocycles. The number of nitrogens with two attached hydrogens (primary N) is 1. The van der Waals surface area contributed by atoms with Crippen LogP contribution in [0.25, 0.3) is 0 Å². The average Bonchev–Trinajstić information content (AvgIpc) is 2.41. The van der Waals surface area contributed by atoms with E-state index in [1.54, 1.807) is 7.11 Å². The quantitative estimate of drug-likeness (QED) is 0.906. The third kappa shape index (κ3) is 3.71. The summed E-state index contributed by atoms with van der Waals surface area (Å²) >= 11 is 0. The van der Waals surface area contributed by atoms with Gasteiger partial charge in [0.1, 0.15) is 5.75 Å². The summed E-state index contributed by atoms with van der Waals surface area (Å²) in [6, 6.07) is 6.80. The van der Waals surface area contributed by atoms with E-state index in [0.29, 0.717) is 12.0 Å². The molecule has 2 unspecified atom stereocenters. The van der Waals surface area contributed by atoms with Crippen molar-refractivity contribution < 1.29 is 4.74 Å². The minimum absolute atomic E-state index is 0.301. The highest BCUT2D eigenvalue weighted by atomic mass is 16.5. The lowest BCUT2D eigenvalue weighted by atomic mass is 9.92. The predicted molar refractivity (Wildman–Crippen MR) is 79.4 cm³/mol. The predicted octanol–water partition coefficient (Wildman–Crippen LogP) is 2.56. The van der Waals surface area contributed by atoms with Crippen LogP contribution in [-0.4, -0.2) is 31.1 Å². The number of likely N-dealkylation sites (tertiary alicyclic amines) is 1. The van der Waals surface area contributed by atoms with Crippen molar-refractivity contribution in [3.05, 3.63) is 29.3 Å². The Morgan fingerprint density at radius 2 is 2.26 bits per heavy atom. The molecule has 2 atom stereocenters. The Balaban J connectivity index is 2.00. The smallest absolute Gasteiger partial charge is 0.122 e. The second-order valence-electron chi connectivity index (χ2n) is 5.80. The summed E-state index contributed by atoms with van der Waals surface area (Å²) in [5.41, 5.74) is 8.56. The molecule has 1 aliphatic heterocycles. The largest absolute Gasteiger partial charge is 0.496 e. The zero-order chi connectivity index (χ0) is 13.8. The van der Waals surface area contributed by atoms with Crippen molar-refractivity contribution in [2.45, 2.75) is 39.3 Å². The molecule has 0 bridgehead atoms. The topological polar surface area (TPSA) is 38.5 Å². The molecular formula is C16H26N2O. The zero-order valence-electron chi connectivity index (χ0n) is 12.4. The minimum atomic E-state index is 0.301. The number of methoxy groups -OCH3 is 1. The fourth-order valence-corrected chi connectivity index (χ4v) is 2.89. The molecule has 0 spiro atoms. The lowest BCUT2D eigenvalue weighted by Crippen LogP contribution is -2.41. The maximum atomic E-state index is 6.04. The summed E-state index contributed by atoms with van der Waals surface area (Å²) in [6.45, 7) is 7.51. The fraction of sp³-hybridized carbons (Fsp3) is 0.625. The lowest BCUT2D eigenvalue weighted by Gasteiger charge is -2.34. The molecule has 1 fully saturated rings. The molecule has 0 radical (unpaired) electrons. The summed E-state index contributed by atoms with van der Waals surface area (Å²) in [5, 5.41) is 0. The molecule has 1 saturated heterocycles. The second-order valence-corrected chi connectivity index (χ2v) is 5.80. The summed E-state index contributed by atoms with van der Waals surface area (Å²) in [7, 11) is 1.74. The molecule has 1 aromatic rings. The lowest BCUT2D eigenvalue weighted by molar-refractivity contribution is 0.154. The van der Waals surface area contributed by atoms with Crippen LogP contribution in [-0.2, 0) is 6.54 Å². The number of benzene rings is 1. The average molecular weight is 262 g/mol. The van der Waals surface area contributed by atoms with Gasteiger partial charge in [0, 0.05) is 19.1 Å². The minimum Gasteiger partial charge on any atom is -0.496 e. The van der Waals surface area contributed by atoms with Gasteiger partial charge in [-0.15, -0.1) is 0 Å². The normalized spacial score (nSPS) is 22.2. The first-order valence-electron chi connectivity index (χ1n) is 7.21. The van der Waals surface area contributed by atoms with Crippen LogP contribution >= 0.6 is 0 Å². The third-order valence-corrected chi connectivity index (χ3v) is 4.16. The molecular weight excluding hydrogens is 236 g/mol. The van der Waals surface area contributed by atoms with Gasteiger partial charge in [-0.25, -0.2) is 0 Å². The van der Waals surface area contributed by atoms with Gasteiger partial charge in [0.05, 0.1) is 7.11 Å². The molecule has 0 aromatic heterocycles. The van der Waals surface area contributed by atoms with Gasteiger partial charge < -0.3 is 10.5 Å². The summed E-state index contributed by atoms with van der Waals surface area (Å²) in [5.74, 6) is 1.62. The van der Waals surface area contributed by atoms with E-state index in [9.17, 15) is 0 Å². The Morgan fingerprint density at radius 3 is 2.95 bits per heavy atom. The van der Waals surface area contributed by atoms with E-state index in [2.05, 4.69) is 36.9 Å². The Morgan fingerprint density at radius 1 is 1.47 bits per heavy atom. The van der Waals surface area contributed by atoms with E-state index in [1.807, 2.05) is 0 Å². The molecule has 1 aromatic carbocycles. The number of rotatable bonds is 4. The first-order chi connectivity index (χ1) is 9.10. The van der Waals surface area contributed by atoms with Gasteiger partial charge in [-0.3, -0.25) is 4.90 Å². The number of ether oxygens (including phenoxy) is 1. The van der Waals surface area contributed by atoms with Crippen molar-refractivity contribution in [2.75, 3.05) is 20.2 Å². The van der Waals surface area contributed by atoms with Crippen LogP contribution in [0.5, 0.6) is 5.75 Å². The van der Waals surface area contributed by atoms with Crippen LogP contribution in [0.2, 0.25) is 0 Å². The molecule has 2 N–H and O–H groups in total. The van der Waals surface area contributed by atoms with Crippen molar-refractivity contribution in [3.8, 4) is 5.75 Å². The Bertz CT molecular complexity index is 417. The van der Waals surface area contributed by atoms with Crippen LogP contribution in [0.1, 0.15) is 30.9 Å². The summed E-state index contributed by atoms with van der Waals surface area (Å²) in [4.78, 5) is 2.52. The van der Waals surface area contributed by atoms with Crippen LogP contribution in [0.4, 0.5) is 0 Å². The highest BCUT2D eigenvalue weighted by Crippen LogP contribution is 2.23. The van der Waals surface area contributed by atoms with E-state index < -0.39 is 0 Å². The van der Waals surface area contributed by atoms with Crippen molar-refractivity contribution in [1.29, 1.82) is 0 Å². The standard InChI is InChI=1S/C16H26N2O/c1-12-6-7-14(9-16(12)19-3)10-18-8-4-5-15(11-18)13(2)17/h6-7,9,13,15H,4-5,8,10-11,17H2,1-3H3. The van der Waals surface area contributed by atoms with E-state index in [1.165, 1.54) is 30.5 Å². The van der Waals surface area contributed by atoms with Crippen LogP contribution in [0.15, 0.2) is 18.2 Å². The number of hydrogen-bond acceptors (Lipinski definition) is 3. The van der Waals surface area contributed by atoms with Crippen molar-refractivity contribution >= 4 is 0 Å². The van der Waals surface area contributed by atoms with Gasteiger partial charge in [-0.05, 0) is 56.3 Å². The Kier molecular flexibility index (Phi) is 4.83. The molecule has 19 heavy (non-hydrogen) atoms. The molecule has 2 rings (SSSR count). The molecule has 106 valence electrons.